The average molecular weight is 283 g/mol. The second-order valence-electron chi connectivity index (χ2n) is 3.87. The lowest BCUT2D eigenvalue weighted by atomic mass is 10.0. The summed E-state index contributed by atoms with van der Waals surface area (Å²) in [6.07, 6.45) is 0. The highest BCUT2D eigenvalue weighted by atomic mass is 16.5. The molecule has 2 heteroatoms. The summed E-state index contributed by atoms with van der Waals surface area (Å²) < 4.78 is 5.23. The largest absolute Gasteiger partial charge is 0.496 e. The third-order valence-corrected chi connectivity index (χ3v) is 2.74. The average Bonchev–Trinajstić information content (AvgIpc) is 2.58. The maximum atomic E-state index is 8.74. The summed E-state index contributed by atoms with van der Waals surface area (Å²) in [5.74, 6) is 0.891. The highest BCUT2D eigenvalue weighted by molar-refractivity contribution is 5.66. The van der Waals surface area contributed by atoms with E-state index in [0.29, 0.717) is 5.56 Å². The molecule has 0 radical (unpaired) electrons. The van der Waals surface area contributed by atoms with Gasteiger partial charge in [-0.15, -0.1) is 0 Å². The van der Waals surface area contributed by atoms with E-state index < -0.39 is 0 Å². The molecule has 0 saturated carbocycles. The van der Waals surface area contributed by atoms with Gasteiger partial charge in [0.15, 0.2) is 0 Å². The molecule has 0 fully saturated rings. The zero-order chi connectivity index (χ0) is 16.3. The van der Waals surface area contributed by atoms with Crippen LogP contribution in [0.5, 0.6) is 5.75 Å². The molecule has 2 aromatic rings. The smallest absolute Gasteiger partial charge is 0.121 e. The van der Waals surface area contributed by atoms with Gasteiger partial charge < -0.3 is 4.74 Å². The van der Waals surface area contributed by atoms with Crippen molar-refractivity contribution in [1.29, 1.82) is 5.26 Å². The molecule has 0 aliphatic carbocycles. The van der Waals surface area contributed by atoms with Crippen molar-refractivity contribution in [3.63, 3.8) is 0 Å². The Bertz CT molecular complexity index is 565. The molecule has 0 saturated heterocycles. The minimum Gasteiger partial charge on any atom is -0.496 e. The molecule has 112 valence electrons. The van der Waals surface area contributed by atoms with Crippen molar-refractivity contribution in [1.82, 2.24) is 0 Å². The lowest BCUT2D eigenvalue weighted by molar-refractivity contribution is 0.412. The standard InChI is InChI=1S/C15H13NO.2C2H6/c1-11-9-14(7-8-15(11)17-2)13-5-3-12(10-16)4-6-13;2*1-2/h3-9H,1-2H3;2*1-2H3. The Kier molecular flexibility index (Phi) is 9.37. The van der Waals surface area contributed by atoms with Crippen molar-refractivity contribution in [3.05, 3.63) is 53.6 Å². The third kappa shape index (κ3) is 5.31. The van der Waals surface area contributed by atoms with Crippen LogP contribution in [0.2, 0.25) is 0 Å². The van der Waals surface area contributed by atoms with Crippen LogP contribution in [-0.4, -0.2) is 7.11 Å². The first kappa shape index (κ1) is 18.7. The Labute approximate surface area is 129 Å². The number of ether oxygens (including phenoxy) is 1. The molecule has 0 aliphatic heterocycles. The van der Waals surface area contributed by atoms with Gasteiger partial charge in [0.05, 0.1) is 18.7 Å². The summed E-state index contributed by atoms with van der Waals surface area (Å²) in [6, 6.07) is 15.8. The quantitative estimate of drug-likeness (QED) is 0.719. The number of aryl methyl sites for hydroxylation is 1. The van der Waals surface area contributed by atoms with E-state index in [0.717, 1.165) is 22.4 Å². The van der Waals surface area contributed by atoms with Crippen molar-refractivity contribution < 1.29 is 4.74 Å². The van der Waals surface area contributed by atoms with Gasteiger partial charge in [0.25, 0.3) is 0 Å². The molecule has 2 aromatic carbocycles. The lowest BCUT2D eigenvalue weighted by Crippen LogP contribution is -1.87. The summed E-state index contributed by atoms with van der Waals surface area (Å²) in [4.78, 5) is 0. The van der Waals surface area contributed by atoms with Gasteiger partial charge in [-0.3, -0.25) is 0 Å². The van der Waals surface area contributed by atoms with Crippen molar-refractivity contribution in [3.8, 4) is 22.9 Å². The van der Waals surface area contributed by atoms with Crippen molar-refractivity contribution in [2.45, 2.75) is 34.6 Å². The van der Waals surface area contributed by atoms with Crippen molar-refractivity contribution in [2.75, 3.05) is 7.11 Å². The lowest BCUT2D eigenvalue weighted by Gasteiger charge is -2.07. The maximum Gasteiger partial charge on any atom is 0.121 e. The predicted molar refractivity (Wildman–Crippen MR) is 90.6 cm³/mol. The Morgan fingerprint density at radius 3 is 1.81 bits per heavy atom. The van der Waals surface area contributed by atoms with Gasteiger partial charge in [-0.1, -0.05) is 45.9 Å². The summed E-state index contributed by atoms with van der Waals surface area (Å²) >= 11 is 0. The number of nitriles is 1. The summed E-state index contributed by atoms with van der Waals surface area (Å²) in [5, 5.41) is 8.74. The monoisotopic (exact) mass is 283 g/mol. The topological polar surface area (TPSA) is 33.0 Å². The highest BCUT2D eigenvalue weighted by Gasteiger charge is 2.02. The van der Waals surface area contributed by atoms with E-state index in [2.05, 4.69) is 12.1 Å². The Hall–Kier alpha value is -2.27. The van der Waals surface area contributed by atoms with Gasteiger partial charge in [0, 0.05) is 0 Å². The van der Waals surface area contributed by atoms with Gasteiger partial charge in [-0.05, 0) is 47.9 Å². The van der Waals surface area contributed by atoms with Crippen LogP contribution < -0.4 is 4.74 Å². The second kappa shape index (κ2) is 10.5. The number of rotatable bonds is 2. The molecular weight excluding hydrogens is 258 g/mol. The normalized spacial score (nSPS) is 8.43. The molecule has 0 aliphatic rings. The molecule has 0 atom stereocenters. The molecule has 0 aromatic heterocycles. The van der Waals surface area contributed by atoms with Crippen LogP contribution in [-0.2, 0) is 0 Å². The van der Waals surface area contributed by atoms with Crippen LogP contribution in [0.3, 0.4) is 0 Å². The fourth-order valence-corrected chi connectivity index (χ4v) is 1.80. The number of hydrogen-bond acceptors (Lipinski definition) is 2. The van der Waals surface area contributed by atoms with Gasteiger partial charge >= 0.3 is 0 Å². The molecule has 0 amide bonds. The Morgan fingerprint density at radius 1 is 0.857 bits per heavy atom. The van der Waals surface area contributed by atoms with E-state index in [9.17, 15) is 0 Å². The third-order valence-electron chi connectivity index (χ3n) is 2.74. The first-order chi connectivity index (χ1) is 10.2. The minimum atomic E-state index is 0.680. The number of benzene rings is 2. The minimum absolute atomic E-state index is 0.680. The van der Waals surface area contributed by atoms with Crippen LogP contribution >= 0.6 is 0 Å². The van der Waals surface area contributed by atoms with Crippen LogP contribution in [0.1, 0.15) is 38.8 Å². The molecular formula is C19H25NO. The van der Waals surface area contributed by atoms with Gasteiger partial charge in [-0.2, -0.15) is 5.26 Å². The van der Waals surface area contributed by atoms with Gasteiger partial charge in [0.1, 0.15) is 5.75 Å². The molecule has 0 bridgehead atoms. The highest BCUT2D eigenvalue weighted by Crippen LogP contribution is 2.26. The van der Waals surface area contributed by atoms with E-state index in [-0.39, 0.29) is 0 Å². The summed E-state index contributed by atoms with van der Waals surface area (Å²) in [6.45, 7) is 10.0. The summed E-state index contributed by atoms with van der Waals surface area (Å²) in [7, 11) is 1.67. The number of hydrogen-bond donors (Lipinski definition) is 0. The Balaban J connectivity index is 0.000000921. The van der Waals surface area contributed by atoms with Crippen LogP contribution in [0.4, 0.5) is 0 Å². The van der Waals surface area contributed by atoms with Gasteiger partial charge in [0.2, 0.25) is 0 Å². The zero-order valence-electron chi connectivity index (χ0n) is 13.9. The SMILES string of the molecule is CC.CC.COc1ccc(-c2ccc(C#N)cc2)cc1C. The first-order valence-corrected chi connectivity index (χ1v) is 7.40. The predicted octanol–water partition coefficient (Wildman–Crippen LogP) is 5.59. The fourth-order valence-electron chi connectivity index (χ4n) is 1.80. The molecule has 21 heavy (non-hydrogen) atoms. The molecule has 2 rings (SSSR count). The van der Waals surface area contributed by atoms with Crippen molar-refractivity contribution >= 4 is 0 Å². The Morgan fingerprint density at radius 2 is 1.38 bits per heavy atom. The number of methoxy groups -OCH3 is 1. The van der Waals surface area contributed by atoms with E-state index in [1.165, 1.54) is 0 Å². The van der Waals surface area contributed by atoms with E-state index in [1.807, 2.05) is 71.0 Å². The number of nitrogens with zero attached hydrogens (tertiary/aromatic N) is 1. The molecule has 0 unspecified atom stereocenters. The van der Waals surface area contributed by atoms with Crippen LogP contribution in [0, 0.1) is 18.3 Å². The summed E-state index contributed by atoms with van der Waals surface area (Å²) in [5.41, 5.74) is 4.02. The fraction of sp³-hybridized carbons (Fsp3) is 0.316. The zero-order valence-corrected chi connectivity index (χ0v) is 13.9. The van der Waals surface area contributed by atoms with Crippen LogP contribution in [0.15, 0.2) is 42.5 Å². The van der Waals surface area contributed by atoms with E-state index >= 15 is 0 Å². The molecule has 0 spiro atoms. The second-order valence-corrected chi connectivity index (χ2v) is 3.87. The maximum absolute atomic E-state index is 8.74. The molecule has 2 nitrogen and oxygen atoms in total. The first-order valence-electron chi connectivity index (χ1n) is 7.40. The van der Waals surface area contributed by atoms with E-state index in [1.54, 1.807) is 7.11 Å². The van der Waals surface area contributed by atoms with Crippen LogP contribution in [0.25, 0.3) is 11.1 Å². The van der Waals surface area contributed by atoms with Crippen molar-refractivity contribution in [2.24, 2.45) is 0 Å². The molecule has 0 heterocycles. The molecule has 0 N–H and O–H groups in total. The van der Waals surface area contributed by atoms with Gasteiger partial charge in [-0.25, -0.2) is 0 Å². The van der Waals surface area contributed by atoms with E-state index in [4.69, 9.17) is 10.00 Å².